The highest BCUT2D eigenvalue weighted by Gasteiger charge is 2.25. The Labute approximate surface area is 165 Å². The minimum absolute atomic E-state index is 0.103. The summed E-state index contributed by atoms with van der Waals surface area (Å²) in [7, 11) is 0. The van der Waals surface area contributed by atoms with Gasteiger partial charge in [0.15, 0.2) is 0 Å². The fourth-order valence-electron chi connectivity index (χ4n) is 4.13. The van der Waals surface area contributed by atoms with Crippen LogP contribution in [0.3, 0.4) is 0 Å². The van der Waals surface area contributed by atoms with Crippen molar-refractivity contribution in [2.24, 2.45) is 0 Å². The van der Waals surface area contributed by atoms with Gasteiger partial charge in [-0.25, -0.2) is 4.39 Å². The molecule has 2 heterocycles. The number of ether oxygens (including phenoxy) is 1. The van der Waals surface area contributed by atoms with E-state index in [9.17, 15) is 9.18 Å². The van der Waals surface area contributed by atoms with Crippen LogP contribution >= 0.6 is 0 Å². The molecule has 2 aromatic carbocycles. The van der Waals surface area contributed by atoms with Gasteiger partial charge in [0.25, 0.3) is 5.91 Å². The molecule has 4 rings (SSSR count). The molecule has 0 bridgehead atoms. The van der Waals surface area contributed by atoms with Crippen molar-refractivity contribution in [1.82, 2.24) is 9.80 Å². The summed E-state index contributed by atoms with van der Waals surface area (Å²) in [5.74, 6) is 0.620. The Morgan fingerprint density at radius 1 is 1.00 bits per heavy atom. The number of fused-ring (bicyclic) bond motifs is 1. The highest BCUT2D eigenvalue weighted by atomic mass is 19.1. The molecule has 5 heteroatoms. The smallest absolute Gasteiger partial charge is 0.254 e. The third-order valence-corrected chi connectivity index (χ3v) is 5.70. The van der Waals surface area contributed by atoms with Crippen LogP contribution in [0.5, 0.6) is 5.75 Å². The molecule has 2 aromatic rings. The van der Waals surface area contributed by atoms with Crippen molar-refractivity contribution < 1.29 is 13.9 Å². The van der Waals surface area contributed by atoms with Gasteiger partial charge in [-0.2, -0.15) is 0 Å². The first-order valence-corrected chi connectivity index (χ1v) is 10.2. The lowest BCUT2D eigenvalue weighted by atomic mass is 9.99. The van der Waals surface area contributed by atoms with Crippen molar-refractivity contribution in [3.8, 4) is 5.75 Å². The molecule has 148 valence electrons. The number of likely N-dealkylation sites (tertiary alicyclic amines) is 1. The van der Waals surface area contributed by atoms with Crippen LogP contribution in [0.1, 0.15) is 35.2 Å². The molecule has 1 fully saturated rings. The second-order valence-electron chi connectivity index (χ2n) is 7.69. The van der Waals surface area contributed by atoms with Crippen molar-refractivity contribution in [2.75, 3.05) is 32.7 Å². The molecule has 2 aliphatic heterocycles. The van der Waals surface area contributed by atoms with E-state index in [1.165, 1.54) is 12.1 Å². The fraction of sp³-hybridized carbons (Fsp3) is 0.435. The van der Waals surface area contributed by atoms with Gasteiger partial charge in [0.05, 0.1) is 0 Å². The molecule has 0 spiro atoms. The number of benzene rings is 2. The highest BCUT2D eigenvalue weighted by molar-refractivity contribution is 5.96. The van der Waals surface area contributed by atoms with Gasteiger partial charge in [-0.15, -0.1) is 0 Å². The monoisotopic (exact) mass is 382 g/mol. The Hall–Kier alpha value is -2.40. The highest BCUT2D eigenvalue weighted by Crippen LogP contribution is 2.21. The van der Waals surface area contributed by atoms with E-state index in [1.807, 2.05) is 23.1 Å². The van der Waals surface area contributed by atoms with Gasteiger partial charge in [-0.1, -0.05) is 18.2 Å². The summed E-state index contributed by atoms with van der Waals surface area (Å²) >= 11 is 0. The molecule has 2 aliphatic rings. The normalized spacial score (nSPS) is 20.5. The van der Waals surface area contributed by atoms with Gasteiger partial charge < -0.3 is 9.64 Å². The van der Waals surface area contributed by atoms with E-state index in [1.54, 1.807) is 12.1 Å². The van der Waals surface area contributed by atoms with Crippen LogP contribution in [-0.2, 0) is 6.42 Å². The summed E-state index contributed by atoms with van der Waals surface area (Å²) in [5.41, 5.74) is 2.01. The van der Waals surface area contributed by atoms with Gasteiger partial charge in [0, 0.05) is 31.7 Å². The predicted octanol–water partition coefficient (Wildman–Crippen LogP) is 3.76. The third kappa shape index (κ3) is 4.53. The second kappa shape index (κ2) is 8.74. The number of carbonyl (C=O) groups excluding carboxylic acids is 1. The maximum atomic E-state index is 13.1. The molecule has 1 atom stereocenters. The molecular formula is C23H27FN2O2. The van der Waals surface area contributed by atoms with E-state index in [4.69, 9.17) is 4.74 Å². The number of carbonyl (C=O) groups is 1. The fourth-order valence-corrected chi connectivity index (χ4v) is 4.13. The molecule has 0 aromatic heterocycles. The topological polar surface area (TPSA) is 32.8 Å². The Morgan fingerprint density at radius 2 is 1.82 bits per heavy atom. The molecular weight excluding hydrogens is 355 g/mol. The van der Waals surface area contributed by atoms with Crippen molar-refractivity contribution >= 4 is 5.91 Å². The molecule has 1 unspecified atom stereocenters. The SMILES string of the molecule is O=C1c2ccccc2CCN1CCN1CCCCC(Oc2ccc(F)cc2)C1. The molecule has 0 radical (unpaired) electrons. The summed E-state index contributed by atoms with van der Waals surface area (Å²) in [6.07, 6.45) is 4.30. The van der Waals surface area contributed by atoms with Gasteiger partial charge >= 0.3 is 0 Å². The zero-order valence-electron chi connectivity index (χ0n) is 16.1. The molecule has 4 nitrogen and oxygen atoms in total. The number of rotatable bonds is 5. The largest absolute Gasteiger partial charge is 0.489 e. The third-order valence-electron chi connectivity index (χ3n) is 5.70. The van der Waals surface area contributed by atoms with Crippen LogP contribution in [0.4, 0.5) is 4.39 Å². The van der Waals surface area contributed by atoms with Crippen LogP contribution in [-0.4, -0.2) is 54.5 Å². The summed E-state index contributed by atoms with van der Waals surface area (Å²) in [4.78, 5) is 17.1. The Bertz CT molecular complexity index is 809. The maximum absolute atomic E-state index is 13.1. The Morgan fingerprint density at radius 3 is 2.68 bits per heavy atom. The summed E-state index contributed by atoms with van der Waals surface area (Å²) in [6, 6.07) is 14.2. The zero-order chi connectivity index (χ0) is 19.3. The van der Waals surface area contributed by atoms with Crippen molar-refractivity contribution in [1.29, 1.82) is 0 Å². The van der Waals surface area contributed by atoms with Crippen molar-refractivity contribution in [3.63, 3.8) is 0 Å². The minimum Gasteiger partial charge on any atom is -0.489 e. The van der Waals surface area contributed by atoms with E-state index >= 15 is 0 Å². The van der Waals surface area contributed by atoms with Gasteiger partial charge in [-0.3, -0.25) is 9.69 Å². The Kier molecular flexibility index (Phi) is 5.91. The van der Waals surface area contributed by atoms with E-state index in [2.05, 4.69) is 11.0 Å². The van der Waals surface area contributed by atoms with Gasteiger partial charge in [0.2, 0.25) is 0 Å². The molecule has 1 saturated heterocycles. The predicted molar refractivity (Wildman–Crippen MR) is 107 cm³/mol. The molecule has 1 amide bonds. The number of hydrogen-bond acceptors (Lipinski definition) is 3. The average molecular weight is 382 g/mol. The zero-order valence-corrected chi connectivity index (χ0v) is 16.1. The minimum atomic E-state index is -0.248. The average Bonchev–Trinajstić information content (AvgIpc) is 2.94. The lowest BCUT2D eigenvalue weighted by Gasteiger charge is -2.31. The summed E-state index contributed by atoms with van der Waals surface area (Å²) in [5, 5.41) is 0. The van der Waals surface area contributed by atoms with Crippen LogP contribution in [0.2, 0.25) is 0 Å². The Balaban J connectivity index is 1.33. The first-order chi connectivity index (χ1) is 13.7. The van der Waals surface area contributed by atoms with Crippen molar-refractivity contribution in [2.45, 2.75) is 31.8 Å². The van der Waals surface area contributed by atoms with Crippen LogP contribution < -0.4 is 4.74 Å². The number of amides is 1. The second-order valence-corrected chi connectivity index (χ2v) is 7.69. The van der Waals surface area contributed by atoms with Crippen LogP contribution in [0.15, 0.2) is 48.5 Å². The lowest BCUT2D eigenvalue weighted by Crippen LogP contribution is -2.44. The standard InChI is InChI=1S/C23H27FN2O2/c24-19-8-10-20(11-9-19)28-21-6-3-4-13-25(17-21)15-16-26-14-12-18-5-1-2-7-22(18)23(26)27/h1-2,5,7-11,21H,3-4,6,12-17H2. The molecule has 0 saturated carbocycles. The van der Waals surface area contributed by atoms with Crippen molar-refractivity contribution in [3.05, 3.63) is 65.5 Å². The molecule has 28 heavy (non-hydrogen) atoms. The molecule has 0 aliphatic carbocycles. The van der Waals surface area contributed by atoms with Gasteiger partial charge in [0.1, 0.15) is 17.7 Å². The maximum Gasteiger partial charge on any atom is 0.254 e. The van der Waals surface area contributed by atoms with E-state index in [-0.39, 0.29) is 17.8 Å². The first-order valence-electron chi connectivity index (χ1n) is 10.2. The van der Waals surface area contributed by atoms with E-state index in [0.717, 1.165) is 75.3 Å². The van der Waals surface area contributed by atoms with Crippen LogP contribution in [0, 0.1) is 5.82 Å². The quantitative estimate of drug-likeness (QED) is 0.789. The van der Waals surface area contributed by atoms with Gasteiger partial charge in [-0.05, 0) is 68.1 Å². The first kappa shape index (κ1) is 18.9. The lowest BCUT2D eigenvalue weighted by molar-refractivity contribution is 0.0705. The summed E-state index contributed by atoms with van der Waals surface area (Å²) in [6.45, 7) is 4.27. The number of halogens is 1. The van der Waals surface area contributed by atoms with E-state index in [0.29, 0.717) is 0 Å². The van der Waals surface area contributed by atoms with Crippen LogP contribution in [0.25, 0.3) is 0 Å². The van der Waals surface area contributed by atoms with E-state index < -0.39 is 0 Å². The number of hydrogen-bond donors (Lipinski definition) is 0. The summed E-state index contributed by atoms with van der Waals surface area (Å²) < 4.78 is 19.2. The molecule has 0 N–H and O–H groups in total. The number of nitrogens with zero attached hydrogens (tertiary/aromatic N) is 2.